The highest BCUT2D eigenvalue weighted by atomic mass is 32.1. The average Bonchev–Trinajstić information content (AvgIpc) is 3.11. The Balaban J connectivity index is 1.63. The van der Waals surface area contributed by atoms with E-state index in [9.17, 15) is 4.79 Å². The minimum atomic E-state index is -0.442. The molecular weight excluding hydrogens is 296 g/mol. The fourth-order valence-corrected chi connectivity index (χ4v) is 4.01. The number of piperidine rings is 1. The second kappa shape index (κ2) is 6.20. The molecule has 1 aromatic heterocycles. The number of carbonyl (C=O) groups is 1. The standard InChI is InChI=1S/C17H26N2O2S/c1-17(2,3)21-16(20)18-13-9-12(15-5-4-8-22-15)10-19(11-13)14-6-7-14/h4-5,8,12-14H,6-7,9-11H2,1-3H3,(H,18,20). The van der Waals surface area contributed by atoms with Gasteiger partial charge >= 0.3 is 6.09 Å². The van der Waals surface area contributed by atoms with Crippen LogP contribution in [0.15, 0.2) is 17.5 Å². The average molecular weight is 322 g/mol. The summed E-state index contributed by atoms with van der Waals surface area (Å²) in [5.74, 6) is 0.522. The van der Waals surface area contributed by atoms with Crippen LogP contribution in [-0.2, 0) is 4.74 Å². The minimum Gasteiger partial charge on any atom is -0.444 e. The smallest absolute Gasteiger partial charge is 0.407 e. The zero-order valence-electron chi connectivity index (χ0n) is 13.7. The van der Waals surface area contributed by atoms with Crippen LogP contribution in [0.3, 0.4) is 0 Å². The van der Waals surface area contributed by atoms with E-state index < -0.39 is 5.60 Å². The van der Waals surface area contributed by atoms with Gasteiger partial charge in [-0.2, -0.15) is 0 Å². The Morgan fingerprint density at radius 1 is 1.36 bits per heavy atom. The van der Waals surface area contributed by atoms with Gasteiger partial charge in [0.2, 0.25) is 0 Å². The first-order chi connectivity index (χ1) is 10.4. The van der Waals surface area contributed by atoms with Crippen LogP contribution < -0.4 is 5.32 Å². The third kappa shape index (κ3) is 4.23. The van der Waals surface area contributed by atoms with E-state index in [1.165, 1.54) is 17.7 Å². The van der Waals surface area contributed by atoms with Gasteiger partial charge < -0.3 is 10.1 Å². The van der Waals surface area contributed by atoms with Gasteiger partial charge in [0.1, 0.15) is 5.60 Å². The molecule has 1 saturated heterocycles. The first-order valence-electron chi connectivity index (χ1n) is 8.18. The van der Waals surface area contributed by atoms with Crippen molar-refractivity contribution < 1.29 is 9.53 Å². The summed E-state index contributed by atoms with van der Waals surface area (Å²) in [5.41, 5.74) is -0.442. The summed E-state index contributed by atoms with van der Waals surface area (Å²) in [6.07, 6.45) is 3.32. The normalized spacial score (nSPS) is 26.7. The second-order valence-electron chi connectivity index (χ2n) is 7.48. The first-order valence-corrected chi connectivity index (χ1v) is 9.05. The molecule has 4 nitrogen and oxygen atoms in total. The summed E-state index contributed by atoms with van der Waals surface area (Å²) in [6.45, 7) is 7.78. The van der Waals surface area contributed by atoms with Crippen molar-refractivity contribution in [2.45, 2.75) is 63.6 Å². The lowest BCUT2D eigenvalue weighted by atomic mass is 9.92. The van der Waals surface area contributed by atoms with Crippen LogP contribution in [0.1, 0.15) is 50.8 Å². The number of thiophene rings is 1. The lowest BCUT2D eigenvalue weighted by molar-refractivity contribution is 0.0462. The van der Waals surface area contributed by atoms with Gasteiger partial charge in [-0.15, -0.1) is 11.3 Å². The molecule has 0 aromatic carbocycles. The summed E-state index contributed by atoms with van der Waals surface area (Å²) in [5, 5.41) is 5.22. The minimum absolute atomic E-state index is 0.177. The number of nitrogens with one attached hydrogen (secondary N) is 1. The van der Waals surface area contributed by atoms with Gasteiger partial charge in [-0.05, 0) is 51.5 Å². The van der Waals surface area contributed by atoms with Crippen LogP contribution in [0.2, 0.25) is 0 Å². The van der Waals surface area contributed by atoms with Crippen LogP contribution in [-0.4, -0.2) is 41.8 Å². The molecule has 22 heavy (non-hydrogen) atoms. The number of carbonyl (C=O) groups excluding carboxylic acids is 1. The van der Waals surface area contributed by atoms with E-state index in [-0.39, 0.29) is 12.1 Å². The predicted molar refractivity (Wildman–Crippen MR) is 89.4 cm³/mol. The Hall–Kier alpha value is -1.07. The van der Waals surface area contributed by atoms with E-state index in [1.54, 1.807) is 0 Å². The lowest BCUT2D eigenvalue weighted by Gasteiger charge is -2.38. The summed E-state index contributed by atoms with van der Waals surface area (Å²) in [4.78, 5) is 16.0. The van der Waals surface area contributed by atoms with E-state index in [2.05, 4.69) is 27.7 Å². The van der Waals surface area contributed by atoms with Gasteiger partial charge in [0.25, 0.3) is 0 Å². The summed E-state index contributed by atoms with van der Waals surface area (Å²) in [6, 6.07) is 5.24. The largest absolute Gasteiger partial charge is 0.444 e. The molecule has 0 radical (unpaired) electrons. The number of hydrogen-bond acceptors (Lipinski definition) is 4. The second-order valence-corrected chi connectivity index (χ2v) is 8.46. The molecule has 5 heteroatoms. The van der Waals surface area contributed by atoms with Gasteiger partial charge in [-0.1, -0.05) is 6.07 Å². The third-order valence-electron chi connectivity index (χ3n) is 4.21. The Kier molecular flexibility index (Phi) is 4.46. The number of amides is 1. The zero-order valence-corrected chi connectivity index (χ0v) is 14.5. The maximum atomic E-state index is 12.1. The number of ether oxygens (including phenoxy) is 1. The summed E-state index contributed by atoms with van der Waals surface area (Å²) in [7, 11) is 0. The van der Waals surface area contributed by atoms with Crippen molar-refractivity contribution in [3.8, 4) is 0 Å². The van der Waals surface area contributed by atoms with Crippen molar-refractivity contribution in [2.75, 3.05) is 13.1 Å². The number of alkyl carbamates (subject to hydrolysis) is 1. The van der Waals surface area contributed by atoms with Gasteiger partial charge in [0.15, 0.2) is 0 Å². The number of nitrogens with zero attached hydrogens (tertiary/aromatic N) is 1. The molecule has 1 saturated carbocycles. The third-order valence-corrected chi connectivity index (χ3v) is 5.24. The van der Waals surface area contributed by atoms with Gasteiger partial charge in [-0.3, -0.25) is 4.90 Å². The van der Waals surface area contributed by atoms with E-state index in [0.29, 0.717) is 5.92 Å². The van der Waals surface area contributed by atoms with Crippen molar-refractivity contribution in [3.05, 3.63) is 22.4 Å². The molecule has 2 heterocycles. The topological polar surface area (TPSA) is 41.6 Å². The number of likely N-dealkylation sites (tertiary alicyclic amines) is 1. The molecule has 3 rings (SSSR count). The van der Waals surface area contributed by atoms with Gasteiger partial charge in [0.05, 0.1) is 0 Å². The molecule has 2 aliphatic rings. The van der Waals surface area contributed by atoms with Crippen LogP contribution in [0.4, 0.5) is 4.79 Å². The Morgan fingerprint density at radius 2 is 2.14 bits per heavy atom. The van der Waals surface area contributed by atoms with Crippen molar-refractivity contribution in [1.29, 1.82) is 0 Å². The van der Waals surface area contributed by atoms with E-state index in [4.69, 9.17) is 4.74 Å². The van der Waals surface area contributed by atoms with Crippen LogP contribution in [0.5, 0.6) is 0 Å². The van der Waals surface area contributed by atoms with Crippen molar-refractivity contribution in [3.63, 3.8) is 0 Å². The van der Waals surface area contributed by atoms with Crippen molar-refractivity contribution >= 4 is 17.4 Å². The highest BCUT2D eigenvalue weighted by Gasteiger charge is 2.37. The van der Waals surface area contributed by atoms with Crippen LogP contribution in [0.25, 0.3) is 0 Å². The first kappa shape index (κ1) is 15.8. The summed E-state index contributed by atoms with van der Waals surface area (Å²) < 4.78 is 5.41. The SMILES string of the molecule is CC(C)(C)OC(=O)NC1CC(c2cccs2)CN(C2CC2)C1. The molecule has 2 fully saturated rings. The molecule has 1 aliphatic carbocycles. The van der Waals surface area contributed by atoms with Crippen LogP contribution in [0, 0.1) is 0 Å². The van der Waals surface area contributed by atoms with Crippen molar-refractivity contribution in [2.24, 2.45) is 0 Å². The van der Waals surface area contributed by atoms with E-state index >= 15 is 0 Å². The zero-order chi connectivity index (χ0) is 15.7. The predicted octanol–water partition coefficient (Wildman–Crippen LogP) is 3.59. The molecule has 2 unspecified atom stereocenters. The molecule has 1 amide bonds. The Morgan fingerprint density at radius 3 is 2.73 bits per heavy atom. The molecule has 122 valence electrons. The van der Waals surface area contributed by atoms with Gasteiger partial charge in [0, 0.05) is 36.0 Å². The fraction of sp³-hybridized carbons (Fsp3) is 0.706. The Bertz CT molecular complexity index is 505. The molecular formula is C17H26N2O2S. The molecule has 2 atom stereocenters. The van der Waals surface area contributed by atoms with E-state index in [1.807, 2.05) is 32.1 Å². The highest BCUT2D eigenvalue weighted by Crippen LogP contribution is 2.36. The molecule has 0 bridgehead atoms. The molecule has 0 spiro atoms. The monoisotopic (exact) mass is 322 g/mol. The summed E-state index contributed by atoms with van der Waals surface area (Å²) >= 11 is 1.82. The van der Waals surface area contributed by atoms with Crippen LogP contribution >= 0.6 is 11.3 Å². The lowest BCUT2D eigenvalue weighted by Crippen LogP contribution is -2.51. The van der Waals surface area contributed by atoms with E-state index in [0.717, 1.165) is 25.6 Å². The Labute approximate surface area is 136 Å². The number of rotatable bonds is 3. The molecule has 1 N–H and O–H groups in total. The fourth-order valence-electron chi connectivity index (χ4n) is 3.18. The quantitative estimate of drug-likeness (QED) is 0.924. The van der Waals surface area contributed by atoms with Gasteiger partial charge in [-0.25, -0.2) is 4.79 Å². The maximum absolute atomic E-state index is 12.1. The molecule has 1 aliphatic heterocycles. The van der Waals surface area contributed by atoms with Crippen molar-refractivity contribution in [1.82, 2.24) is 10.2 Å². The number of hydrogen-bond donors (Lipinski definition) is 1. The molecule has 1 aromatic rings. The highest BCUT2D eigenvalue weighted by molar-refractivity contribution is 7.10. The maximum Gasteiger partial charge on any atom is 0.407 e.